The molecule has 3 aromatic heterocycles. The number of benzene rings is 1. The van der Waals surface area contributed by atoms with Gasteiger partial charge in [-0.2, -0.15) is 0 Å². The van der Waals surface area contributed by atoms with Gasteiger partial charge in [0, 0.05) is 29.6 Å². The minimum Gasteiger partial charge on any atom is -0.394 e. The fourth-order valence-corrected chi connectivity index (χ4v) is 4.81. The average molecular weight is 449 g/mol. The van der Waals surface area contributed by atoms with Gasteiger partial charge < -0.3 is 25.7 Å². The summed E-state index contributed by atoms with van der Waals surface area (Å²) in [5, 5.41) is 18.6. The third kappa shape index (κ3) is 3.92. The molecule has 1 aliphatic heterocycles. The van der Waals surface area contributed by atoms with Gasteiger partial charge in [-0.3, -0.25) is 9.79 Å². The van der Waals surface area contributed by atoms with Crippen LogP contribution in [0.15, 0.2) is 51.7 Å². The van der Waals surface area contributed by atoms with E-state index in [-0.39, 0.29) is 18.2 Å². The van der Waals surface area contributed by atoms with Crippen LogP contribution in [0.5, 0.6) is 0 Å². The van der Waals surface area contributed by atoms with E-state index in [1.54, 1.807) is 23.6 Å². The van der Waals surface area contributed by atoms with Crippen LogP contribution in [0.4, 0.5) is 5.69 Å². The zero-order valence-electron chi connectivity index (χ0n) is 17.6. The first kappa shape index (κ1) is 20.5. The second-order valence-corrected chi connectivity index (χ2v) is 8.87. The van der Waals surface area contributed by atoms with Crippen LogP contribution in [0.1, 0.15) is 16.0 Å². The highest BCUT2D eigenvalue weighted by atomic mass is 32.1. The SMILES string of the molecule is Cc1cc(C2=NCCN2)cc2[nH]c(-c3c(NC(CO)Cc4cccs4)cc[nH]c3=O)nc12. The number of thiophene rings is 1. The number of aromatic amines is 2. The van der Waals surface area contributed by atoms with Crippen molar-refractivity contribution in [1.82, 2.24) is 20.3 Å². The Kier molecular flexibility index (Phi) is 5.50. The number of imidazole rings is 1. The summed E-state index contributed by atoms with van der Waals surface area (Å²) < 4.78 is 0. The van der Waals surface area contributed by atoms with Crippen molar-refractivity contribution >= 4 is 33.9 Å². The minimum absolute atomic E-state index is 0.0537. The van der Waals surface area contributed by atoms with Gasteiger partial charge in [0.15, 0.2) is 0 Å². The van der Waals surface area contributed by atoms with Crippen molar-refractivity contribution < 1.29 is 5.11 Å². The number of nitrogens with zero attached hydrogens (tertiary/aromatic N) is 2. The highest BCUT2D eigenvalue weighted by Crippen LogP contribution is 2.27. The Morgan fingerprint density at radius 1 is 1.31 bits per heavy atom. The standard InChI is InChI=1S/C23H24N6O2S/c1-13-9-14(21-24-6-7-25-21)10-18-20(13)29-22(28-18)19-17(4-5-26-23(19)31)27-15(12-30)11-16-3-2-8-32-16/h2-5,8-10,15,30H,6-7,11-12H2,1H3,(H,24,25)(H,28,29)(H2,26,27,31). The molecular formula is C23H24N6O2S. The molecule has 1 aliphatic rings. The Labute approximate surface area is 188 Å². The van der Waals surface area contributed by atoms with Gasteiger partial charge in [0.1, 0.15) is 17.2 Å². The summed E-state index contributed by atoms with van der Waals surface area (Å²) >= 11 is 1.64. The molecule has 4 aromatic rings. The lowest BCUT2D eigenvalue weighted by molar-refractivity contribution is 0.274. The number of pyridine rings is 1. The number of aromatic nitrogens is 3. The first-order chi connectivity index (χ1) is 15.6. The number of aryl methyl sites for hydroxylation is 1. The number of hydrogen-bond donors (Lipinski definition) is 5. The van der Waals surface area contributed by atoms with Gasteiger partial charge in [0.2, 0.25) is 0 Å². The quantitative estimate of drug-likeness (QED) is 0.298. The van der Waals surface area contributed by atoms with Crippen molar-refractivity contribution in [2.24, 2.45) is 4.99 Å². The molecule has 9 heteroatoms. The summed E-state index contributed by atoms with van der Waals surface area (Å²) in [7, 11) is 0. The number of anilines is 1. The molecule has 1 unspecified atom stereocenters. The van der Waals surface area contributed by atoms with Gasteiger partial charge in [0.25, 0.3) is 5.56 Å². The number of rotatable bonds is 7. The van der Waals surface area contributed by atoms with Crippen LogP contribution in [0.3, 0.4) is 0 Å². The maximum absolute atomic E-state index is 12.8. The van der Waals surface area contributed by atoms with E-state index in [1.807, 2.05) is 30.5 Å². The molecule has 0 aliphatic carbocycles. The van der Waals surface area contributed by atoms with Crippen LogP contribution in [-0.4, -0.2) is 51.6 Å². The first-order valence-corrected chi connectivity index (χ1v) is 11.4. The Balaban J connectivity index is 1.53. The number of nitrogens with one attached hydrogen (secondary N) is 4. The summed E-state index contributed by atoms with van der Waals surface area (Å²) in [5.74, 6) is 1.36. The van der Waals surface area contributed by atoms with Crippen LogP contribution >= 0.6 is 11.3 Å². The molecule has 0 radical (unpaired) electrons. The lowest BCUT2D eigenvalue weighted by atomic mass is 10.1. The summed E-state index contributed by atoms with van der Waals surface area (Å²) in [5.41, 5.74) is 4.46. The predicted molar refractivity (Wildman–Crippen MR) is 129 cm³/mol. The monoisotopic (exact) mass is 448 g/mol. The number of fused-ring (bicyclic) bond motifs is 1. The average Bonchev–Trinajstić information content (AvgIpc) is 3.55. The molecule has 1 aromatic carbocycles. The van der Waals surface area contributed by atoms with Crippen LogP contribution in [0, 0.1) is 6.92 Å². The van der Waals surface area contributed by atoms with E-state index >= 15 is 0 Å². The first-order valence-electron chi connectivity index (χ1n) is 10.5. The Morgan fingerprint density at radius 3 is 2.97 bits per heavy atom. The normalized spacial score (nSPS) is 14.4. The summed E-state index contributed by atoms with van der Waals surface area (Å²) in [6, 6.07) is 9.67. The molecule has 4 heterocycles. The topological polar surface area (TPSA) is 118 Å². The number of aliphatic hydroxyl groups is 1. The van der Waals surface area contributed by atoms with Crippen molar-refractivity contribution in [3.05, 3.63) is 68.3 Å². The summed E-state index contributed by atoms with van der Waals surface area (Å²) in [6.07, 6.45) is 2.27. The van der Waals surface area contributed by atoms with Crippen LogP contribution in [0.2, 0.25) is 0 Å². The van der Waals surface area contributed by atoms with Crippen molar-refractivity contribution in [2.75, 3.05) is 25.0 Å². The second-order valence-electron chi connectivity index (χ2n) is 7.83. The fourth-order valence-electron chi connectivity index (χ4n) is 4.02. The largest absolute Gasteiger partial charge is 0.394 e. The summed E-state index contributed by atoms with van der Waals surface area (Å²) in [4.78, 5) is 29.3. The van der Waals surface area contributed by atoms with Gasteiger partial charge in [0.05, 0.1) is 35.9 Å². The zero-order valence-corrected chi connectivity index (χ0v) is 18.4. The molecule has 164 valence electrons. The molecule has 0 saturated heterocycles. The number of hydrogen-bond acceptors (Lipinski definition) is 7. The van der Waals surface area contributed by atoms with Gasteiger partial charge in [-0.1, -0.05) is 6.07 Å². The van der Waals surface area contributed by atoms with Crippen molar-refractivity contribution in [3.8, 4) is 11.4 Å². The third-order valence-corrected chi connectivity index (χ3v) is 6.43. The molecule has 0 spiro atoms. The van der Waals surface area contributed by atoms with Crippen LogP contribution in [-0.2, 0) is 6.42 Å². The number of H-pyrrole nitrogens is 2. The second kappa shape index (κ2) is 8.60. The summed E-state index contributed by atoms with van der Waals surface area (Å²) in [6.45, 7) is 3.56. The smallest absolute Gasteiger partial charge is 0.261 e. The molecule has 0 saturated carbocycles. The highest BCUT2D eigenvalue weighted by Gasteiger charge is 2.19. The highest BCUT2D eigenvalue weighted by molar-refractivity contribution is 7.09. The maximum Gasteiger partial charge on any atom is 0.261 e. The van der Waals surface area contributed by atoms with Crippen LogP contribution < -0.4 is 16.2 Å². The molecule has 0 amide bonds. The van der Waals surface area contributed by atoms with Crippen molar-refractivity contribution in [2.45, 2.75) is 19.4 Å². The minimum atomic E-state index is -0.249. The Hall–Kier alpha value is -3.43. The lowest BCUT2D eigenvalue weighted by Crippen LogP contribution is -2.27. The third-order valence-electron chi connectivity index (χ3n) is 5.53. The van der Waals surface area contributed by atoms with E-state index in [9.17, 15) is 9.90 Å². The molecular weight excluding hydrogens is 424 g/mol. The van der Waals surface area contributed by atoms with Crippen molar-refractivity contribution in [1.29, 1.82) is 0 Å². The Bertz CT molecular complexity index is 1340. The molecule has 8 nitrogen and oxygen atoms in total. The molecule has 5 rings (SSSR count). The zero-order chi connectivity index (χ0) is 22.1. The molecule has 0 fully saturated rings. The van der Waals surface area contributed by atoms with Gasteiger partial charge in [-0.25, -0.2) is 4.98 Å². The predicted octanol–water partition coefficient (Wildman–Crippen LogP) is 2.65. The van der Waals surface area contributed by atoms with E-state index in [0.717, 1.165) is 41.1 Å². The molecule has 0 bridgehead atoms. The van der Waals surface area contributed by atoms with E-state index in [0.29, 0.717) is 23.5 Å². The van der Waals surface area contributed by atoms with Crippen LogP contribution in [0.25, 0.3) is 22.4 Å². The van der Waals surface area contributed by atoms with Gasteiger partial charge in [-0.15, -0.1) is 11.3 Å². The number of amidine groups is 1. The fraction of sp³-hybridized carbons (Fsp3) is 0.261. The Morgan fingerprint density at radius 2 is 2.22 bits per heavy atom. The van der Waals surface area contributed by atoms with Gasteiger partial charge in [-0.05, 0) is 42.1 Å². The van der Waals surface area contributed by atoms with Crippen molar-refractivity contribution in [3.63, 3.8) is 0 Å². The van der Waals surface area contributed by atoms with E-state index < -0.39 is 0 Å². The lowest BCUT2D eigenvalue weighted by Gasteiger charge is -2.18. The van der Waals surface area contributed by atoms with E-state index in [4.69, 9.17) is 4.98 Å². The number of aliphatic imine (C=N–C) groups is 1. The molecule has 5 N–H and O–H groups in total. The molecule has 32 heavy (non-hydrogen) atoms. The maximum atomic E-state index is 12.8. The number of aliphatic hydroxyl groups excluding tert-OH is 1. The van der Waals surface area contributed by atoms with E-state index in [2.05, 4.69) is 31.7 Å². The van der Waals surface area contributed by atoms with E-state index in [1.165, 1.54) is 4.88 Å². The van der Waals surface area contributed by atoms with Gasteiger partial charge >= 0.3 is 0 Å². The molecule has 1 atom stereocenters.